The van der Waals surface area contributed by atoms with Crippen LogP contribution in [0, 0.1) is 11.8 Å². The summed E-state index contributed by atoms with van der Waals surface area (Å²) in [6.45, 7) is 4.52. The number of benzene rings is 1. The third kappa shape index (κ3) is 4.64. The second-order valence-electron chi connectivity index (χ2n) is 7.32. The standard InChI is InChI=1S/C20H28N4O2S/c1-13-6-5-7-17(14(13)2)21-18(25)12-27-20-23-22-19(24(20)3)15-8-10-16(26-4)11-9-15/h8-11,13-14,17H,5-7,12H2,1-4H3,(H,21,25)/t13-,14-,17-/m1/s1. The van der Waals surface area contributed by atoms with Crippen molar-refractivity contribution in [3.8, 4) is 17.1 Å². The molecule has 1 aliphatic carbocycles. The van der Waals surface area contributed by atoms with E-state index in [0.717, 1.165) is 28.7 Å². The molecular formula is C20H28N4O2S. The molecule has 146 valence electrons. The lowest BCUT2D eigenvalue weighted by Crippen LogP contribution is -2.44. The van der Waals surface area contributed by atoms with Crippen LogP contribution >= 0.6 is 11.8 Å². The summed E-state index contributed by atoms with van der Waals surface area (Å²) in [5.41, 5.74) is 0.965. The Kier molecular flexibility index (Phi) is 6.42. The van der Waals surface area contributed by atoms with Gasteiger partial charge in [-0.15, -0.1) is 10.2 Å². The van der Waals surface area contributed by atoms with Crippen molar-refractivity contribution in [3.05, 3.63) is 24.3 Å². The number of nitrogens with one attached hydrogen (secondary N) is 1. The first-order chi connectivity index (χ1) is 13.0. The zero-order valence-corrected chi connectivity index (χ0v) is 17.3. The van der Waals surface area contributed by atoms with E-state index in [1.807, 2.05) is 35.9 Å². The van der Waals surface area contributed by atoms with Crippen LogP contribution in [0.5, 0.6) is 5.75 Å². The molecular weight excluding hydrogens is 360 g/mol. The lowest BCUT2D eigenvalue weighted by molar-refractivity contribution is -0.120. The second-order valence-corrected chi connectivity index (χ2v) is 8.27. The fourth-order valence-corrected chi connectivity index (χ4v) is 4.32. The summed E-state index contributed by atoms with van der Waals surface area (Å²) in [6.07, 6.45) is 3.53. The molecule has 0 unspecified atom stereocenters. The molecule has 7 heteroatoms. The minimum atomic E-state index is 0.0694. The third-order valence-electron chi connectivity index (χ3n) is 5.57. The largest absolute Gasteiger partial charge is 0.497 e. The average molecular weight is 389 g/mol. The Morgan fingerprint density at radius 2 is 2.00 bits per heavy atom. The second kappa shape index (κ2) is 8.78. The number of carbonyl (C=O) groups is 1. The molecule has 1 amide bonds. The SMILES string of the molecule is COc1ccc(-c2nnc(SCC(=O)N[C@@H]3CCC[C@@H](C)[C@H]3C)n2C)cc1. The number of rotatable bonds is 6. The van der Waals surface area contributed by atoms with Gasteiger partial charge in [0.25, 0.3) is 0 Å². The molecule has 1 saturated carbocycles. The highest BCUT2D eigenvalue weighted by molar-refractivity contribution is 7.99. The zero-order valence-electron chi connectivity index (χ0n) is 16.4. The minimum Gasteiger partial charge on any atom is -0.497 e. The first kappa shape index (κ1) is 19.7. The molecule has 0 spiro atoms. The van der Waals surface area contributed by atoms with Gasteiger partial charge in [0.2, 0.25) is 5.91 Å². The van der Waals surface area contributed by atoms with Crippen molar-refractivity contribution >= 4 is 17.7 Å². The quantitative estimate of drug-likeness (QED) is 0.767. The normalized spacial score (nSPS) is 22.4. The molecule has 27 heavy (non-hydrogen) atoms. The number of ether oxygens (including phenoxy) is 1. The number of thioether (sulfide) groups is 1. The van der Waals surface area contributed by atoms with E-state index in [-0.39, 0.29) is 11.9 Å². The number of nitrogens with zero attached hydrogens (tertiary/aromatic N) is 3. The molecule has 3 rings (SSSR count). The molecule has 1 aromatic carbocycles. The van der Waals surface area contributed by atoms with Gasteiger partial charge in [0.1, 0.15) is 5.75 Å². The smallest absolute Gasteiger partial charge is 0.230 e. The van der Waals surface area contributed by atoms with Crippen LogP contribution in [0.2, 0.25) is 0 Å². The molecule has 1 fully saturated rings. The van der Waals surface area contributed by atoms with Crippen LogP contribution in [0.4, 0.5) is 0 Å². The number of aromatic nitrogens is 3. The minimum absolute atomic E-state index is 0.0694. The van der Waals surface area contributed by atoms with Crippen LogP contribution < -0.4 is 10.1 Å². The molecule has 0 bridgehead atoms. The first-order valence-corrected chi connectivity index (χ1v) is 10.4. The molecule has 0 saturated heterocycles. The predicted octanol–water partition coefficient (Wildman–Crippen LogP) is 3.52. The average Bonchev–Trinajstić information content (AvgIpc) is 3.04. The fraction of sp³-hybridized carbons (Fsp3) is 0.550. The molecule has 3 atom stereocenters. The first-order valence-electron chi connectivity index (χ1n) is 9.45. The summed E-state index contributed by atoms with van der Waals surface area (Å²) in [5, 5.41) is 12.5. The molecule has 1 N–H and O–H groups in total. The highest BCUT2D eigenvalue weighted by Gasteiger charge is 2.28. The summed E-state index contributed by atoms with van der Waals surface area (Å²) in [7, 11) is 3.57. The van der Waals surface area contributed by atoms with Crippen LogP contribution in [0.25, 0.3) is 11.4 Å². The number of carbonyl (C=O) groups excluding carboxylic acids is 1. The Balaban J connectivity index is 1.58. The van der Waals surface area contributed by atoms with E-state index >= 15 is 0 Å². The van der Waals surface area contributed by atoms with Crippen LogP contribution in [0.3, 0.4) is 0 Å². The molecule has 0 radical (unpaired) electrons. The van der Waals surface area contributed by atoms with E-state index in [4.69, 9.17) is 4.74 Å². The van der Waals surface area contributed by atoms with E-state index in [9.17, 15) is 4.79 Å². The lowest BCUT2D eigenvalue weighted by Gasteiger charge is -2.34. The Hall–Kier alpha value is -2.02. The van der Waals surface area contributed by atoms with Crippen LogP contribution in [-0.2, 0) is 11.8 Å². The molecule has 1 aliphatic rings. The summed E-state index contributed by atoms with van der Waals surface area (Å²) < 4.78 is 7.11. The van der Waals surface area contributed by atoms with Crippen molar-refractivity contribution < 1.29 is 9.53 Å². The summed E-state index contributed by atoms with van der Waals surface area (Å²) >= 11 is 1.42. The van der Waals surface area contributed by atoms with Crippen molar-refractivity contribution in [1.82, 2.24) is 20.1 Å². The van der Waals surface area contributed by atoms with Gasteiger partial charge in [0, 0.05) is 18.7 Å². The molecule has 1 heterocycles. The van der Waals surface area contributed by atoms with E-state index < -0.39 is 0 Å². The van der Waals surface area contributed by atoms with Crippen molar-refractivity contribution in [1.29, 1.82) is 0 Å². The fourth-order valence-electron chi connectivity index (χ4n) is 3.60. The van der Waals surface area contributed by atoms with E-state index in [1.54, 1.807) is 7.11 Å². The van der Waals surface area contributed by atoms with Gasteiger partial charge in [0.15, 0.2) is 11.0 Å². The Morgan fingerprint density at radius 3 is 2.70 bits per heavy atom. The molecule has 1 aromatic heterocycles. The van der Waals surface area contributed by atoms with Gasteiger partial charge < -0.3 is 14.6 Å². The van der Waals surface area contributed by atoms with Gasteiger partial charge in [-0.25, -0.2) is 0 Å². The molecule has 6 nitrogen and oxygen atoms in total. The topological polar surface area (TPSA) is 69.0 Å². The lowest BCUT2D eigenvalue weighted by atomic mass is 9.78. The molecule has 2 aromatic rings. The summed E-state index contributed by atoms with van der Waals surface area (Å²) in [5.74, 6) is 3.20. The highest BCUT2D eigenvalue weighted by atomic mass is 32.2. The Labute approximate surface area is 165 Å². The number of amides is 1. The predicted molar refractivity (Wildman–Crippen MR) is 108 cm³/mol. The highest BCUT2D eigenvalue weighted by Crippen LogP contribution is 2.30. The maximum absolute atomic E-state index is 12.4. The van der Waals surface area contributed by atoms with Gasteiger partial charge >= 0.3 is 0 Å². The van der Waals surface area contributed by atoms with Gasteiger partial charge in [0.05, 0.1) is 12.9 Å². The van der Waals surface area contributed by atoms with Crippen LogP contribution in [0.1, 0.15) is 33.1 Å². The number of methoxy groups -OCH3 is 1. The maximum Gasteiger partial charge on any atom is 0.230 e. The van der Waals surface area contributed by atoms with Gasteiger partial charge in [-0.3, -0.25) is 4.79 Å². The van der Waals surface area contributed by atoms with Crippen molar-refractivity contribution in [2.45, 2.75) is 44.3 Å². The van der Waals surface area contributed by atoms with Crippen LogP contribution in [0.15, 0.2) is 29.4 Å². The maximum atomic E-state index is 12.4. The Bertz CT molecular complexity index is 775. The van der Waals surface area contributed by atoms with Crippen LogP contribution in [-0.4, -0.2) is 39.6 Å². The monoisotopic (exact) mass is 388 g/mol. The number of hydrogen-bond acceptors (Lipinski definition) is 5. The van der Waals surface area contributed by atoms with Gasteiger partial charge in [-0.1, -0.05) is 38.5 Å². The van der Waals surface area contributed by atoms with E-state index in [0.29, 0.717) is 17.6 Å². The Morgan fingerprint density at radius 1 is 1.26 bits per heavy atom. The third-order valence-corrected chi connectivity index (χ3v) is 6.59. The van der Waals surface area contributed by atoms with Gasteiger partial charge in [-0.2, -0.15) is 0 Å². The van der Waals surface area contributed by atoms with E-state index in [2.05, 4.69) is 29.4 Å². The number of hydrogen-bond donors (Lipinski definition) is 1. The molecule has 0 aliphatic heterocycles. The van der Waals surface area contributed by atoms with Crippen molar-refractivity contribution in [3.63, 3.8) is 0 Å². The summed E-state index contributed by atoms with van der Waals surface area (Å²) in [4.78, 5) is 12.4. The van der Waals surface area contributed by atoms with Crippen molar-refractivity contribution in [2.75, 3.05) is 12.9 Å². The van der Waals surface area contributed by atoms with Gasteiger partial charge in [-0.05, 0) is 42.5 Å². The van der Waals surface area contributed by atoms with E-state index in [1.165, 1.54) is 24.6 Å². The zero-order chi connectivity index (χ0) is 19.4. The van der Waals surface area contributed by atoms with Crippen molar-refractivity contribution in [2.24, 2.45) is 18.9 Å². The summed E-state index contributed by atoms with van der Waals surface area (Å²) in [6, 6.07) is 7.99.